The van der Waals surface area contributed by atoms with E-state index in [0.717, 1.165) is 17.8 Å². The van der Waals surface area contributed by atoms with Gasteiger partial charge in [0, 0.05) is 17.0 Å². The Labute approximate surface area is 175 Å². The van der Waals surface area contributed by atoms with Crippen molar-refractivity contribution in [2.24, 2.45) is 0 Å². The number of aliphatic hydroxyl groups is 1. The van der Waals surface area contributed by atoms with Gasteiger partial charge in [-0.15, -0.1) is 11.3 Å². The third-order valence-corrected chi connectivity index (χ3v) is 5.70. The van der Waals surface area contributed by atoms with Gasteiger partial charge in [-0.2, -0.15) is 0 Å². The molecule has 1 aromatic heterocycles. The Balaban J connectivity index is 2.03. The zero-order valence-electron chi connectivity index (χ0n) is 16.9. The Morgan fingerprint density at radius 3 is 2.69 bits per heavy atom. The van der Waals surface area contributed by atoms with Crippen LogP contribution in [0.25, 0.3) is 5.76 Å². The van der Waals surface area contributed by atoms with Crippen LogP contribution in [0.15, 0.2) is 47.4 Å². The van der Waals surface area contributed by atoms with E-state index < -0.39 is 17.7 Å². The minimum atomic E-state index is -0.646. The highest BCUT2D eigenvalue weighted by molar-refractivity contribution is 7.10. The second-order valence-corrected chi connectivity index (χ2v) is 8.10. The van der Waals surface area contributed by atoms with E-state index in [0.29, 0.717) is 24.5 Å². The second-order valence-electron chi connectivity index (χ2n) is 7.13. The lowest BCUT2D eigenvalue weighted by Crippen LogP contribution is -2.32. The van der Waals surface area contributed by atoms with Gasteiger partial charge in [0.25, 0.3) is 11.7 Å². The van der Waals surface area contributed by atoms with Gasteiger partial charge in [0.15, 0.2) is 0 Å². The summed E-state index contributed by atoms with van der Waals surface area (Å²) in [6.07, 6.45) is 0.738. The molecular formula is C22H26N2O4S. The lowest BCUT2D eigenvalue weighted by atomic mass is 9.99. The lowest BCUT2D eigenvalue weighted by molar-refractivity contribution is -0.139. The van der Waals surface area contributed by atoms with Crippen LogP contribution in [0, 0.1) is 0 Å². The molecule has 3 rings (SSSR count). The standard InChI is InChI=1S/C22H26N2O4S/c1-4-28-16-9-5-8-15(14-16)20(25)18-19(17-10-6-13-29-17)24(22(27)21(18)26)12-7-11-23(2)3/h5-6,8-10,13-14,19,25H,4,7,11-12H2,1-3H3/t19-/m0/s1. The first-order chi connectivity index (χ1) is 13.9. The normalized spacial score (nSPS) is 18.6. The molecule has 6 nitrogen and oxygen atoms in total. The van der Waals surface area contributed by atoms with Crippen molar-refractivity contribution >= 4 is 28.8 Å². The van der Waals surface area contributed by atoms with E-state index in [1.165, 1.54) is 11.3 Å². The SMILES string of the molecule is CCOc1cccc(C(O)=C2C(=O)C(=O)N(CCCN(C)C)[C@H]2c2cccs2)c1. The Bertz CT molecular complexity index is 905. The van der Waals surface area contributed by atoms with Crippen molar-refractivity contribution in [3.63, 3.8) is 0 Å². The smallest absolute Gasteiger partial charge is 0.295 e. The van der Waals surface area contributed by atoms with Gasteiger partial charge in [-0.3, -0.25) is 9.59 Å². The van der Waals surface area contributed by atoms with Crippen LogP contribution in [0.5, 0.6) is 5.75 Å². The molecule has 0 saturated carbocycles. The lowest BCUT2D eigenvalue weighted by Gasteiger charge is -2.24. The number of thiophene rings is 1. The van der Waals surface area contributed by atoms with Gasteiger partial charge in [0.05, 0.1) is 18.2 Å². The zero-order valence-corrected chi connectivity index (χ0v) is 17.7. The first-order valence-corrected chi connectivity index (χ1v) is 10.5. The van der Waals surface area contributed by atoms with Crippen LogP contribution in [0.2, 0.25) is 0 Å². The number of ketones is 1. The number of benzene rings is 1. The molecule has 2 aromatic rings. The fraction of sp³-hybridized carbons (Fsp3) is 0.364. The topological polar surface area (TPSA) is 70.1 Å². The molecule has 0 bridgehead atoms. The quantitative estimate of drug-likeness (QED) is 0.407. The van der Waals surface area contributed by atoms with Crippen molar-refractivity contribution < 1.29 is 19.4 Å². The Morgan fingerprint density at radius 1 is 1.24 bits per heavy atom. The second kappa shape index (κ2) is 9.24. The maximum Gasteiger partial charge on any atom is 0.295 e. The van der Waals surface area contributed by atoms with E-state index in [2.05, 4.69) is 0 Å². The van der Waals surface area contributed by atoms with Crippen molar-refractivity contribution in [3.05, 3.63) is 57.8 Å². The van der Waals surface area contributed by atoms with Gasteiger partial charge in [0.1, 0.15) is 11.5 Å². The number of likely N-dealkylation sites (tertiary alicyclic amines) is 1. The van der Waals surface area contributed by atoms with Gasteiger partial charge in [-0.25, -0.2) is 0 Å². The molecular weight excluding hydrogens is 388 g/mol. The van der Waals surface area contributed by atoms with E-state index >= 15 is 0 Å². The van der Waals surface area contributed by atoms with Crippen LogP contribution in [0.1, 0.15) is 29.8 Å². The maximum atomic E-state index is 12.9. The molecule has 7 heteroatoms. The Kier molecular flexibility index (Phi) is 6.71. The van der Waals surface area contributed by atoms with Crippen molar-refractivity contribution in [1.82, 2.24) is 9.80 Å². The Morgan fingerprint density at radius 2 is 2.03 bits per heavy atom. The number of hydrogen-bond acceptors (Lipinski definition) is 6. The van der Waals surface area contributed by atoms with Crippen molar-refractivity contribution in [3.8, 4) is 5.75 Å². The van der Waals surface area contributed by atoms with Crippen LogP contribution < -0.4 is 4.74 Å². The van der Waals surface area contributed by atoms with Crippen molar-refractivity contribution in [1.29, 1.82) is 0 Å². The molecule has 29 heavy (non-hydrogen) atoms. The molecule has 0 spiro atoms. The van der Waals surface area contributed by atoms with Gasteiger partial charge in [-0.05, 0) is 57.6 Å². The molecule has 1 amide bonds. The number of carbonyl (C=O) groups is 2. The summed E-state index contributed by atoms with van der Waals surface area (Å²) in [6, 6.07) is 10.1. The molecule has 1 aromatic carbocycles. The first kappa shape index (κ1) is 21.1. The van der Waals surface area contributed by atoms with Crippen LogP contribution >= 0.6 is 11.3 Å². The molecule has 0 radical (unpaired) electrons. The highest BCUT2D eigenvalue weighted by atomic mass is 32.1. The third kappa shape index (κ3) is 4.52. The summed E-state index contributed by atoms with van der Waals surface area (Å²) in [4.78, 5) is 30.2. The van der Waals surface area contributed by atoms with E-state index in [1.807, 2.05) is 43.4 Å². The van der Waals surface area contributed by atoms with Gasteiger partial charge < -0.3 is 19.6 Å². The molecule has 0 unspecified atom stereocenters. The number of nitrogens with zero attached hydrogens (tertiary/aromatic N) is 2. The summed E-state index contributed by atoms with van der Waals surface area (Å²) in [5, 5.41) is 12.9. The number of hydrogen-bond donors (Lipinski definition) is 1. The average molecular weight is 415 g/mol. The molecule has 1 aliphatic rings. The number of amides is 1. The van der Waals surface area contributed by atoms with Crippen LogP contribution in [-0.2, 0) is 9.59 Å². The highest BCUT2D eigenvalue weighted by Gasteiger charge is 2.46. The number of carbonyl (C=O) groups excluding carboxylic acids is 2. The number of ether oxygens (including phenoxy) is 1. The molecule has 154 valence electrons. The van der Waals surface area contributed by atoms with Crippen molar-refractivity contribution in [2.45, 2.75) is 19.4 Å². The zero-order chi connectivity index (χ0) is 21.0. The third-order valence-electron chi connectivity index (χ3n) is 4.78. The molecule has 0 aliphatic carbocycles. The molecule has 1 atom stereocenters. The van der Waals surface area contributed by atoms with E-state index in [-0.39, 0.29) is 11.3 Å². The summed E-state index contributed by atoms with van der Waals surface area (Å²) in [7, 11) is 3.94. The monoisotopic (exact) mass is 414 g/mol. The molecule has 1 fully saturated rings. The summed E-state index contributed by atoms with van der Waals surface area (Å²) in [5.41, 5.74) is 0.597. The van der Waals surface area contributed by atoms with E-state index in [1.54, 1.807) is 29.2 Å². The summed E-state index contributed by atoms with van der Waals surface area (Å²) in [5.74, 6) is -0.778. The number of aliphatic hydroxyl groups excluding tert-OH is 1. The highest BCUT2D eigenvalue weighted by Crippen LogP contribution is 2.41. The minimum absolute atomic E-state index is 0.135. The number of Topliss-reactive ketones (excluding diaryl/α,β-unsaturated/α-hetero) is 1. The summed E-state index contributed by atoms with van der Waals surface area (Å²) in [6.45, 7) is 3.62. The van der Waals surface area contributed by atoms with E-state index in [4.69, 9.17) is 4.74 Å². The van der Waals surface area contributed by atoms with Gasteiger partial charge >= 0.3 is 0 Å². The first-order valence-electron chi connectivity index (χ1n) is 9.63. The van der Waals surface area contributed by atoms with E-state index in [9.17, 15) is 14.7 Å². The molecule has 2 heterocycles. The van der Waals surface area contributed by atoms with Crippen molar-refractivity contribution in [2.75, 3.05) is 33.8 Å². The summed E-state index contributed by atoms with van der Waals surface area (Å²) < 4.78 is 5.50. The largest absolute Gasteiger partial charge is 0.507 e. The van der Waals surface area contributed by atoms with Gasteiger partial charge in [0.2, 0.25) is 0 Å². The van der Waals surface area contributed by atoms with Gasteiger partial charge in [-0.1, -0.05) is 18.2 Å². The molecule has 1 aliphatic heterocycles. The Hall–Kier alpha value is -2.64. The maximum absolute atomic E-state index is 12.9. The minimum Gasteiger partial charge on any atom is -0.507 e. The summed E-state index contributed by atoms with van der Waals surface area (Å²) >= 11 is 1.47. The van der Waals surface area contributed by atoms with Crippen LogP contribution in [-0.4, -0.2) is 60.4 Å². The fourth-order valence-corrected chi connectivity index (χ4v) is 4.31. The van der Waals surface area contributed by atoms with Crippen LogP contribution in [0.3, 0.4) is 0 Å². The molecule has 1 N–H and O–H groups in total. The fourth-order valence-electron chi connectivity index (χ4n) is 3.47. The predicted octanol–water partition coefficient (Wildman–Crippen LogP) is 3.52. The predicted molar refractivity (Wildman–Crippen MR) is 114 cm³/mol. The van der Waals surface area contributed by atoms with Crippen LogP contribution in [0.4, 0.5) is 0 Å². The molecule has 1 saturated heterocycles. The number of rotatable bonds is 8. The average Bonchev–Trinajstić information content (AvgIpc) is 3.30.